The third kappa shape index (κ3) is 2.63. The summed E-state index contributed by atoms with van der Waals surface area (Å²) in [6, 6.07) is 13.1. The van der Waals surface area contributed by atoms with E-state index < -0.39 is 0 Å². The topological polar surface area (TPSA) is 38.3 Å². The zero-order chi connectivity index (χ0) is 15.8. The highest BCUT2D eigenvalue weighted by atomic mass is 16.5. The molecule has 0 aromatic heterocycles. The Hall–Kier alpha value is -1.87. The van der Waals surface area contributed by atoms with Crippen molar-refractivity contribution in [3.8, 4) is 5.75 Å². The molecule has 2 fully saturated rings. The van der Waals surface area contributed by atoms with Crippen LogP contribution in [0.2, 0.25) is 0 Å². The Morgan fingerprint density at radius 1 is 1.09 bits per heavy atom. The van der Waals surface area contributed by atoms with Gasteiger partial charge in [-0.1, -0.05) is 36.8 Å². The predicted molar refractivity (Wildman–Crippen MR) is 92.1 cm³/mol. The zero-order valence-electron chi connectivity index (χ0n) is 13.5. The first-order valence-corrected chi connectivity index (χ1v) is 8.62. The van der Waals surface area contributed by atoms with Crippen molar-refractivity contribution in [2.45, 2.75) is 44.2 Å². The lowest BCUT2D eigenvalue weighted by atomic mass is 9.76. The summed E-state index contributed by atoms with van der Waals surface area (Å²) in [5, 5.41) is 5.79. The average Bonchev–Trinajstić information content (AvgIpc) is 2.59. The second-order valence-corrected chi connectivity index (χ2v) is 6.89. The lowest BCUT2D eigenvalue weighted by Crippen LogP contribution is -2.50. The molecule has 2 unspecified atom stereocenters. The van der Waals surface area contributed by atoms with E-state index in [4.69, 9.17) is 4.74 Å². The van der Waals surface area contributed by atoms with Crippen LogP contribution < -0.4 is 10.1 Å². The van der Waals surface area contributed by atoms with Crippen LogP contribution in [0.3, 0.4) is 0 Å². The maximum atomic E-state index is 13.3. The lowest BCUT2D eigenvalue weighted by Gasteiger charge is -2.40. The van der Waals surface area contributed by atoms with Crippen LogP contribution in [0.5, 0.6) is 5.75 Å². The number of benzene rings is 2. The van der Waals surface area contributed by atoms with Crippen molar-refractivity contribution < 1.29 is 9.53 Å². The quantitative estimate of drug-likeness (QED) is 0.872. The predicted octanol–water partition coefficient (Wildman–Crippen LogP) is 3.95. The van der Waals surface area contributed by atoms with Crippen LogP contribution in [0, 0.1) is 5.92 Å². The molecule has 2 saturated heterocycles. The molecular formula is C20H23NO2. The van der Waals surface area contributed by atoms with Gasteiger partial charge in [0.15, 0.2) is 5.78 Å². The summed E-state index contributed by atoms with van der Waals surface area (Å²) in [5.74, 6) is 1.08. The van der Waals surface area contributed by atoms with E-state index >= 15 is 0 Å². The fraction of sp³-hybridized carbons (Fsp3) is 0.450. The van der Waals surface area contributed by atoms with Gasteiger partial charge in [-0.15, -0.1) is 0 Å². The Kier molecular flexibility index (Phi) is 3.82. The number of ketones is 1. The van der Waals surface area contributed by atoms with Crippen molar-refractivity contribution in [1.82, 2.24) is 5.32 Å². The molecular weight excluding hydrogens is 286 g/mol. The van der Waals surface area contributed by atoms with Crippen LogP contribution in [-0.4, -0.2) is 25.0 Å². The first-order valence-electron chi connectivity index (χ1n) is 8.62. The van der Waals surface area contributed by atoms with Gasteiger partial charge in [0.2, 0.25) is 0 Å². The van der Waals surface area contributed by atoms with E-state index in [-0.39, 0.29) is 11.7 Å². The van der Waals surface area contributed by atoms with E-state index in [1.165, 1.54) is 19.3 Å². The standard InChI is InChI=1S/C20H23NO2/c1-23-18-10-9-13-5-2-3-8-17(13)19(18)20(22)14-11-15-6-4-7-16(12-14)21-15/h2-3,5,8-10,14-16,21H,4,6-7,11-12H2,1H3. The van der Waals surface area contributed by atoms with E-state index in [1.54, 1.807) is 7.11 Å². The Morgan fingerprint density at radius 2 is 1.83 bits per heavy atom. The summed E-state index contributed by atoms with van der Waals surface area (Å²) < 4.78 is 5.52. The summed E-state index contributed by atoms with van der Waals surface area (Å²) in [6.45, 7) is 0. The van der Waals surface area contributed by atoms with Crippen LogP contribution >= 0.6 is 0 Å². The number of hydrogen-bond acceptors (Lipinski definition) is 3. The maximum Gasteiger partial charge on any atom is 0.170 e. The van der Waals surface area contributed by atoms with Crippen molar-refractivity contribution in [3.63, 3.8) is 0 Å². The van der Waals surface area contributed by atoms with Gasteiger partial charge in [-0.05, 0) is 42.5 Å². The number of carbonyl (C=O) groups excluding carboxylic acids is 1. The second-order valence-electron chi connectivity index (χ2n) is 6.89. The van der Waals surface area contributed by atoms with Gasteiger partial charge in [0.25, 0.3) is 0 Å². The molecule has 0 amide bonds. The van der Waals surface area contributed by atoms with E-state index in [1.807, 2.05) is 30.3 Å². The number of hydrogen-bond donors (Lipinski definition) is 1. The summed E-state index contributed by atoms with van der Waals surface area (Å²) in [6.07, 6.45) is 5.62. The normalized spacial score (nSPS) is 26.9. The molecule has 0 aliphatic carbocycles. The fourth-order valence-corrected chi connectivity index (χ4v) is 4.36. The molecule has 2 aliphatic heterocycles. The highest BCUT2D eigenvalue weighted by Gasteiger charge is 2.36. The molecule has 23 heavy (non-hydrogen) atoms. The third-order valence-corrected chi connectivity index (χ3v) is 5.44. The Labute approximate surface area is 137 Å². The smallest absolute Gasteiger partial charge is 0.170 e. The SMILES string of the molecule is COc1ccc2ccccc2c1C(=O)C1CC2CCCC(C1)N2. The second kappa shape index (κ2) is 5.97. The molecule has 2 bridgehead atoms. The van der Waals surface area contributed by atoms with Gasteiger partial charge in [-0.2, -0.15) is 0 Å². The molecule has 1 N–H and O–H groups in total. The third-order valence-electron chi connectivity index (χ3n) is 5.44. The number of methoxy groups -OCH3 is 1. The van der Waals surface area contributed by atoms with Gasteiger partial charge < -0.3 is 10.1 Å². The van der Waals surface area contributed by atoms with Gasteiger partial charge in [-0.25, -0.2) is 0 Å². The summed E-state index contributed by atoms with van der Waals surface area (Å²) in [5.41, 5.74) is 0.774. The molecule has 120 valence electrons. The summed E-state index contributed by atoms with van der Waals surface area (Å²) >= 11 is 0. The van der Waals surface area contributed by atoms with Crippen molar-refractivity contribution in [3.05, 3.63) is 42.0 Å². The minimum atomic E-state index is 0.117. The van der Waals surface area contributed by atoms with E-state index in [9.17, 15) is 4.79 Å². The number of ether oxygens (including phenoxy) is 1. The number of Topliss-reactive ketones (excluding diaryl/α,β-unsaturated/α-hetero) is 1. The van der Waals surface area contributed by atoms with Gasteiger partial charge >= 0.3 is 0 Å². The van der Waals surface area contributed by atoms with Crippen molar-refractivity contribution in [1.29, 1.82) is 0 Å². The van der Waals surface area contributed by atoms with E-state index in [2.05, 4.69) is 11.4 Å². The van der Waals surface area contributed by atoms with Crippen molar-refractivity contribution >= 4 is 16.6 Å². The fourth-order valence-electron chi connectivity index (χ4n) is 4.36. The Balaban J connectivity index is 1.74. The van der Waals surface area contributed by atoms with Crippen LogP contribution in [-0.2, 0) is 0 Å². The molecule has 2 aliphatic rings. The average molecular weight is 309 g/mol. The molecule has 2 aromatic carbocycles. The molecule has 2 aromatic rings. The minimum absolute atomic E-state index is 0.117. The van der Waals surface area contributed by atoms with Gasteiger partial charge in [-0.3, -0.25) is 4.79 Å². The van der Waals surface area contributed by atoms with Crippen LogP contribution in [0.1, 0.15) is 42.5 Å². The molecule has 0 radical (unpaired) electrons. The highest BCUT2D eigenvalue weighted by Crippen LogP contribution is 2.36. The maximum absolute atomic E-state index is 13.3. The Bertz CT molecular complexity index is 727. The van der Waals surface area contributed by atoms with Crippen molar-refractivity contribution in [2.24, 2.45) is 5.92 Å². The zero-order valence-corrected chi connectivity index (χ0v) is 13.5. The number of carbonyl (C=O) groups is 1. The summed E-state index contributed by atoms with van der Waals surface area (Å²) in [4.78, 5) is 13.3. The number of rotatable bonds is 3. The van der Waals surface area contributed by atoms with Crippen LogP contribution in [0.25, 0.3) is 10.8 Å². The van der Waals surface area contributed by atoms with Gasteiger partial charge in [0, 0.05) is 18.0 Å². The van der Waals surface area contributed by atoms with E-state index in [0.717, 1.165) is 29.2 Å². The molecule has 4 rings (SSSR count). The minimum Gasteiger partial charge on any atom is -0.496 e. The van der Waals surface area contributed by atoms with E-state index in [0.29, 0.717) is 17.8 Å². The largest absolute Gasteiger partial charge is 0.496 e. The van der Waals surface area contributed by atoms with Crippen LogP contribution in [0.15, 0.2) is 36.4 Å². The Morgan fingerprint density at radius 3 is 2.57 bits per heavy atom. The molecule has 0 saturated carbocycles. The van der Waals surface area contributed by atoms with Crippen LogP contribution in [0.4, 0.5) is 0 Å². The van der Waals surface area contributed by atoms with Crippen molar-refractivity contribution in [2.75, 3.05) is 7.11 Å². The molecule has 2 atom stereocenters. The molecule has 0 spiro atoms. The van der Waals surface area contributed by atoms with Gasteiger partial charge in [0.05, 0.1) is 12.7 Å². The number of nitrogens with one attached hydrogen (secondary N) is 1. The molecule has 3 nitrogen and oxygen atoms in total. The molecule has 2 heterocycles. The highest BCUT2D eigenvalue weighted by molar-refractivity contribution is 6.11. The summed E-state index contributed by atoms with van der Waals surface area (Å²) in [7, 11) is 1.65. The lowest BCUT2D eigenvalue weighted by molar-refractivity contribution is 0.0824. The number of fused-ring (bicyclic) bond motifs is 3. The monoisotopic (exact) mass is 309 g/mol. The van der Waals surface area contributed by atoms with Gasteiger partial charge in [0.1, 0.15) is 5.75 Å². The molecule has 3 heteroatoms. The number of piperidine rings is 2. The first kappa shape index (κ1) is 14.7. The first-order chi connectivity index (χ1) is 11.3.